The normalized spacial score (nSPS) is 16.3. The van der Waals surface area contributed by atoms with Gasteiger partial charge in [0.15, 0.2) is 0 Å². The van der Waals surface area contributed by atoms with Crippen LogP contribution < -0.4 is 5.32 Å². The van der Waals surface area contributed by atoms with Gasteiger partial charge in [0.05, 0.1) is 0 Å². The van der Waals surface area contributed by atoms with Gasteiger partial charge < -0.3 is 10.2 Å². The van der Waals surface area contributed by atoms with E-state index in [1.807, 2.05) is 0 Å². The fourth-order valence-electron chi connectivity index (χ4n) is 2.17. The Kier molecular flexibility index (Phi) is 7.06. The third-order valence-corrected chi connectivity index (χ3v) is 3.15. The highest BCUT2D eigenvalue weighted by Gasteiger charge is 2.19. The molecule has 1 aliphatic carbocycles. The summed E-state index contributed by atoms with van der Waals surface area (Å²) in [5.41, 5.74) is 0. The van der Waals surface area contributed by atoms with Gasteiger partial charge in [-0.2, -0.15) is 0 Å². The molecule has 0 bridgehead atoms. The summed E-state index contributed by atoms with van der Waals surface area (Å²) in [6, 6.07) is 0.886. The van der Waals surface area contributed by atoms with E-state index in [9.17, 15) is 0 Å². The zero-order valence-electron chi connectivity index (χ0n) is 11.5. The average molecular weight is 226 g/mol. The molecule has 0 amide bonds. The zero-order chi connectivity index (χ0) is 11.8. The van der Waals surface area contributed by atoms with Gasteiger partial charge in [0.1, 0.15) is 0 Å². The van der Waals surface area contributed by atoms with E-state index in [2.05, 4.69) is 31.1 Å². The summed E-state index contributed by atoms with van der Waals surface area (Å²) in [6.07, 6.45) is 8.36. The van der Waals surface area contributed by atoms with Crippen LogP contribution in [0, 0.1) is 5.92 Å². The van der Waals surface area contributed by atoms with E-state index >= 15 is 0 Å². The topological polar surface area (TPSA) is 15.3 Å². The fraction of sp³-hybridized carbons (Fsp3) is 1.00. The largest absolute Gasteiger partial charge is 0.314 e. The molecular weight excluding hydrogens is 196 g/mol. The van der Waals surface area contributed by atoms with Crippen molar-refractivity contribution in [2.45, 2.75) is 58.4 Å². The molecule has 2 heteroatoms. The Morgan fingerprint density at radius 2 is 1.81 bits per heavy atom. The number of unbranched alkanes of at least 4 members (excludes halogenated alkanes) is 3. The number of rotatable bonds is 10. The van der Waals surface area contributed by atoms with Gasteiger partial charge >= 0.3 is 0 Å². The van der Waals surface area contributed by atoms with Gasteiger partial charge in [0.25, 0.3) is 0 Å². The van der Waals surface area contributed by atoms with E-state index in [0.29, 0.717) is 0 Å². The Morgan fingerprint density at radius 1 is 1.12 bits per heavy atom. The Bertz CT molecular complexity index is 164. The van der Waals surface area contributed by atoms with E-state index in [1.165, 1.54) is 58.2 Å². The minimum atomic E-state index is 0.799. The molecule has 96 valence electrons. The van der Waals surface area contributed by atoms with Crippen molar-refractivity contribution in [3.8, 4) is 0 Å². The molecule has 1 saturated carbocycles. The summed E-state index contributed by atoms with van der Waals surface area (Å²) in [5.74, 6) is 0.799. The summed E-state index contributed by atoms with van der Waals surface area (Å²) in [7, 11) is 2.24. The summed E-state index contributed by atoms with van der Waals surface area (Å²) in [6.45, 7) is 8.34. The molecule has 16 heavy (non-hydrogen) atoms. The lowest BCUT2D eigenvalue weighted by Crippen LogP contribution is -2.24. The van der Waals surface area contributed by atoms with Crippen LogP contribution in [0.25, 0.3) is 0 Å². The molecule has 0 aromatic carbocycles. The molecule has 0 spiro atoms. The number of nitrogens with one attached hydrogen (secondary N) is 1. The molecule has 0 aliphatic heterocycles. The average Bonchev–Trinajstić information content (AvgIpc) is 2.99. The Labute approximate surface area is 102 Å². The molecule has 2 nitrogen and oxygen atoms in total. The quantitative estimate of drug-likeness (QED) is 0.576. The van der Waals surface area contributed by atoms with Crippen molar-refractivity contribution in [3.05, 3.63) is 0 Å². The minimum Gasteiger partial charge on any atom is -0.314 e. The Morgan fingerprint density at radius 3 is 2.44 bits per heavy atom. The summed E-state index contributed by atoms with van der Waals surface area (Å²) >= 11 is 0. The van der Waals surface area contributed by atoms with E-state index < -0.39 is 0 Å². The zero-order valence-corrected chi connectivity index (χ0v) is 11.5. The van der Waals surface area contributed by atoms with Crippen LogP contribution in [-0.4, -0.2) is 37.6 Å². The van der Waals surface area contributed by atoms with E-state index in [4.69, 9.17) is 0 Å². The number of hydrogen-bond acceptors (Lipinski definition) is 2. The second-order valence-corrected chi connectivity index (χ2v) is 5.80. The van der Waals surface area contributed by atoms with Crippen molar-refractivity contribution in [1.29, 1.82) is 0 Å². The molecule has 0 heterocycles. The SMILES string of the molecule is CC(C)CN(C)CCCCCCNC1CC1. The van der Waals surface area contributed by atoms with Gasteiger partial charge in [-0.15, -0.1) is 0 Å². The van der Waals surface area contributed by atoms with Crippen molar-refractivity contribution in [1.82, 2.24) is 10.2 Å². The highest BCUT2D eigenvalue weighted by Crippen LogP contribution is 2.18. The lowest BCUT2D eigenvalue weighted by atomic mass is 10.1. The summed E-state index contributed by atoms with van der Waals surface area (Å²) < 4.78 is 0. The first-order valence-corrected chi connectivity index (χ1v) is 7.10. The lowest BCUT2D eigenvalue weighted by molar-refractivity contribution is 0.288. The van der Waals surface area contributed by atoms with Crippen LogP contribution in [0.2, 0.25) is 0 Å². The van der Waals surface area contributed by atoms with Crippen LogP contribution in [0.3, 0.4) is 0 Å². The van der Waals surface area contributed by atoms with Crippen LogP contribution in [0.1, 0.15) is 52.4 Å². The van der Waals surface area contributed by atoms with E-state index in [-0.39, 0.29) is 0 Å². The molecular formula is C14H30N2. The molecule has 0 aromatic heterocycles. The maximum absolute atomic E-state index is 3.57. The maximum atomic E-state index is 3.57. The minimum absolute atomic E-state index is 0.799. The van der Waals surface area contributed by atoms with E-state index in [0.717, 1.165) is 12.0 Å². The molecule has 0 atom stereocenters. The Balaban J connectivity index is 1.76. The standard InChI is InChI=1S/C14H30N2/c1-13(2)12-16(3)11-7-5-4-6-10-15-14-8-9-14/h13-15H,4-12H2,1-3H3. The second kappa shape index (κ2) is 8.08. The van der Waals surface area contributed by atoms with Crippen LogP contribution >= 0.6 is 0 Å². The van der Waals surface area contributed by atoms with Gasteiger partial charge in [-0.1, -0.05) is 26.7 Å². The van der Waals surface area contributed by atoms with Crippen LogP contribution in [0.5, 0.6) is 0 Å². The predicted molar refractivity (Wildman–Crippen MR) is 71.8 cm³/mol. The van der Waals surface area contributed by atoms with Crippen molar-refractivity contribution < 1.29 is 0 Å². The summed E-state index contributed by atoms with van der Waals surface area (Å²) in [5, 5.41) is 3.57. The van der Waals surface area contributed by atoms with Crippen LogP contribution in [0.4, 0.5) is 0 Å². The van der Waals surface area contributed by atoms with Gasteiger partial charge in [-0.05, 0) is 51.7 Å². The third-order valence-electron chi connectivity index (χ3n) is 3.15. The monoisotopic (exact) mass is 226 g/mol. The fourth-order valence-corrected chi connectivity index (χ4v) is 2.17. The van der Waals surface area contributed by atoms with Crippen molar-refractivity contribution in [2.75, 3.05) is 26.7 Å². The highest BCUT2D eigenvalue weighted by molar-refractivity contribution is 4.80. The molecule has 0 saturated heterocycles. The van der Waals surface area contributed by atoms with Crippen LogP contribution in [-0.2, 0) is 0 Å². The van der Waals surface area contributed by atoms with Gasteiger partial charge in [-0.3, -0.25) is 0 Å². The number of hydrogen-bond donors (Lipinski definition) is 1. The van der Waals surface area contributed by atoms with Crippen molar-refractivity contribution >= 4 is 0 Å². The maximum Gasteiger partial charge on any atom is 0.00682 e. The molecule has 0 aromatic rings. The molecule has 1 rings (SSSR count). The number of nitrogens with zero attached hydrogens (tertiary/aromatic N) is 1. The first kappa shape index (κ1) is 14.0. The Hall–Kier alpha value is -0.0800. The third kappa shape index (κ3) is 8.12. The van der Waals surface area contributed by atoms with Crippen molar-refractivity contribution in [2.24, 2.45) is 5.92 Å². The summed E-state index contributed by atoms with van der Waals surface area (Å²) in [4.78, 5) is 2.47. The first-order valence-electron chi connectivity index (χ1n) is 7.10. The highest BCUT2D eigenvalue weighted by atomic mass is 15.1. The van der Waals surface area contributed by atoms with Gasteiger partial charge in [0.2, 0.25) is 0 Å². The predicted octanol–water partition coefficient (Wildman–Crippen LogP) is 2.89. The molecule has 0 unspecified atom stereocenters. The second-order valence-electron chi connectivity index (χ2n) is 5.80. The van der Waals surface area contributed by atoms with E-state index in [1.54, 1.807) is 0 Å². The smallest absolute Gasteiger partial charge is 0.00682 e. The molecule has 1 N–H and O–H groups in total. The lowest BCUT2D eigenvalue weighted by Gasteiger charge is -2.18. The molecule has 1 aliphatic rings. The first-order chi connectivity index (χ1) is 7.68. The van der Waals surface area contributed by atoms with Crippen LogP contribution in [0.15, 0.2) is 0 Å². The molecule has 1 fully saturated rings. The molecule has 0 radical (unpaired) electrons. The van der Waals surface area contributed by atoms with Gasteiger partial charge in [-0.25, -0.2) is 0 Å². The van der Waals surface area contributed by atoms with Crippen molar-refractivity contribution in [3.63, 3.8) is 0 Å². The van der Waals surface area contributed by atoms with Gasteiger partial charge in [0, 0.05) is 12.6 Å².